The Morgan fingerprint density at radius 2 is 1.63 bits per heavy atom. The third-order valence-corrected chi connectivity index (χ3v) is 8.54. The van der Waals surface area contributed by atoms with Crippen molar-refractivity contribution in [3.8, 4) is 22.5 Å². The van der Waals surface area contributed by atoms with Crippen LogP contribution in [-0.4, -0.2) is 65.9 Å². The van der Waals surface area contributed by atoms with Crippen molar-refractivity contribution in [2.75, 3.05) is 5.73 Å². The summed E-state index contributed by atoms with van der Waals surface area (Å²) in [6.45, 7) is 0. The summed E-state index contributed by atoms with van der Waals surface area (Å²) in [5.74, 6) is -0.608. The Labute approximate surface area is 257 Å². The molecule has 10 N–H and O–H groups in total. The summed E-state index contributed by atoms with van der Waals surface area (Å²) >= 11 is 0. The molecule has 4 rings (SSSR count). The van der Waals surface area contributed by atoms with E-state index in [0.717, 1.165) is 42.5 Å². The summed E-state index contributed by atoms with van der Waals surface area (Å²) in [5, 5.41) is 28.3. The predicted octanol–water partition coefficient (Wildman–Crippen LogP) is 0.0684. The van der Waals surface area contributed by atoms with E-state index in [1.807, 2.05) is 0 Å². The van der Waals surface area contributed by atoms with Crippen molar-refractivity contribution in [3.63, 3.8) is 0 Å². The van der Waals surface area contributed by atoms with Crippen molar-refractivity contribution in [1.29, 1.82) is 5.41 Å². The number of amides is 2. The molecule has 18 nitrogen and oxygen atoms in total. The molecular weight excluding hydrogens is 654 g/mol. The average molecular weight is 677 g/mol. The monoisotopic (exact) mass is 676 g/mol. The maximum absolute atomic E-state index is 13.0. The second kappa shape index (κ2) is 12.2. The zero-order valence-electron chi connectivity index (χ0n) is 22.9. The van der Waals surface area contributed by atoms with Crippen LogP contribution in [0.15, 0.2) is 56.7 Å². The molecule has 2 aliphatic rings. The number of anilines is 1. The highest BCUT2D eigenvalue weighted by Crippen LogP contribution is 2.45. The molecule has 1 aliphatic heterocycles. The van der Waals surface area contributed by atoms with Crippen molar-refractivity contribution >= 4 is 60.6 Å². The number of nitrogens with one attached hydrogen (secondary N) is 3. The fraction of sp³-hybridized carbons (Fsp3) is 0.115. The molecule has 2 aromatic rings. The van der Waals surface area contributed by atoms with E-state index in [1.54, 1.807) is 5.43 Å². The average Bonchev–Trinajstić information content (AvgIpc) is 2.95. The number of aromatic carboxylic acids is 1. The van der Waals surface area contributed by atoms with Crippen LogP contribution < -0.4 is 27.7 Å². The fourth-order valence-electron chi connectivity index (χ4n) is 4.75. The summed E-state index contributed by atoms with van der Waals surface area (Å²) in [6, 6.07) is 5.80. The van der Waals surface area contributed by atoms with Crippen LogP contribution >= 0.6 is 0 Å². The minimum absolute atomic E-state index is 0.253. The number of hydrogen-bond donors (Lipinski definition) is 8. The minimum Gasteiger partial charge on any atom is -0.744 e. The number of carbonyl (C=O) groups is 4. The number of aliphatic carboxylic acids is 1. The minimum atomic E-state index is -5.44. The molecule has 0 fully saturated rings. The number of carboxylic acid groups (broad SMARTS) is 2. The second-order valence-electron chi connectivity index (χ2n) is 9.62. The lowest BCUT2D eigenvalue weighted by atomic mass is 9.89. The van der Waals surface area contributed by atoms with Gasteiger partial charge in [0.05, 0.1) is 16.6 Å². The first-order valence-corrected chi connectivity index (χ1v) is 15.4. The van der Waals surface area contributed by atoms with Gasteiger partial charge in [-0.15, -0.1) is 0 Å². The summed E-state index contributed by atoms with van der Waals surface area (Å²) in [5.41, 5.74) is 4.31. The van der Waals surface area contributed by atoms with Crippen LogP contribution in [0.4, 0.5) is 5.69 Å². The van der Waals surface area contributed by atoms with E-state index in [0.29, 0.717) is 0 Å². The Hall–Kier alpha value is -5.41. The number of carbonyl (C=O) groups excluding carboxylic acids is 2. The molecule has 0 saturated heterocycles. The molecule has 1 aliphatic carbocycles. The molecule has 0 spiro atoms. The highest BCUT2D eigenvalue weighted by atomic mass is 32.2. The molecule has 20 heteroatoms. The van der Waals surface area contributed by atoms with Crippen LogP contribution in [0.3, 0.4) is 0 Å². The molecular formula is C26H22N5O13S2-. The molecule has 1 atom stereocenters. The first-order valence-electron chi connectivity index (χ1n) is 12.6. The van der Waals surface area contributed by atoms with Crippen LogP contribution in [0, 0.1) is 5.41 Å². The maximum atomic E-state index is 13.0. The van der Waals surface area contributed by atoms with Crippen LogP contribution in [-0.2, 0) is 29.8 Å². The van der Waals surface area contributed by atoms with Gasteiger partial charge in [0.15, 0.2) is 16.2 Å². The van der Waals surface area contributed by atoms with Crippen molar-refractivity contribution < 1.29 is 59.7 Å². The van der Waals surface area contributed by atoms with Gasteiger partial charge in [0.2, 0.25) is 0 Å². The van der Waals surface area contributed by atoms with Gasteiger partial charge >= 0.3 is 11.9 Å². The number of nitrogens with two attached hydrogens (primary N) is 2. The van der Waals surface area contributed by atoms with E-state index in [1.165, 1.54) is 0 Å². The Morgan fingerprint density at radius 1 is 0.978 bits per heavy atom. The van der Waals surface area contributed by atoms with Gasteiger partial charge in [-0.2, -0.15) is 8.42 Å². The molecule has 46 heavy (non-hydrogen) atoms. The highest BCUT2D eigenvalue weighted by molar-refractivity contribution is 7.86. The summed E-state index contributed by atoms with van der Waals surface area (Å²) in [4.78, 5) is 46.4. The van der Waals surface area contributed by atoms with E-state index in [-0.39, 0.29) is 34.1 Å². The Balaban J connectivity index is 2.06. The summed E-state index contributed by atoms with van der Waals surface area (Å²) in [6.07, 6.45) is -0.907. The number of rotatable bonds is 10. The summed E-state index contributed by atoms with van der Waals surface area (Å²) in [7, 11) is -10.7. The highest BCUT2D eigenvalue weighted by Gasteiger charge is 2.31. The van der Waals surface area contributed by atoms with E-state index in [9.17, 15) is 50.2 Å². The standard InChI is InChI=1S/C26H23N5O13S2/c27-15-5-3-12-19(13-4-6-16(28)23(46(41,42)43)21(13)44-20(12)22(15)45(38,39)40)11-2-1-10(9-14(11)26(36)37)24(34)30-17(25(35)31-29)7-8-18(32)33/h1-6,9,17,27H,7-8,28-29H2,(H,30,34)(H,31,35)(H,32,33)(H,36,37)(H,38,39,40)(H,41,42,43)/p-1. The number of fused-ring (bicyclic) bond motifs is 2. The Kier molecular flexibility index (Phi) is 8.86. The van der Waals surface area contributed by atoms with Crippen LogP contribution in [0.25, 0.3) is 33.4 Å². The molecule has 0 bridgehead atoms. The molecule has 2 aromatic carbocycles. The number of carboxylic acids is 2. The largest absolute Gasteiger partial charge is 0.744 e. The quantitative estimate of drug-likeness (QED) is 0.0275. The first kappa shape index (κ1) is 33.5. The first-order chi connectivity index (χ1) is 21.4. The fourth-order valence-corrected chi connectivity index (χ4v) is 6.21. The van der Waals surface area contributed by atoms with Crippen LogP contribution in [0.5, 0.6) is 0 Å². The molecule has 0 radical (unpaired) electrons. The van der Waals surface area contributed by atoms with E-state index >= 15 is 0 Å². The van der Waals surface area contributed by atoms with Gasteiger partial charge in [0.1, 0.15) is 21.1 Å². The molecule has 1 heterocycles. The van der Waals surface area contributed by atoms with Crippen LogP contribution in [0.1, 0.15) is 33.6 Å². The number of benzene rings is 3. The smallest absolute Gasteiger partial charge is 0.336 e. The zero-order valence-corrected chi connectivity index (χ0v) is 24.6. The lowest BCUT2D eigenvalue weighted by Crippen LogP contribution is -2.49. The maximum Gasteiger partial charge on any atom is 0.336 e. The molecule has 0 aromatic heterocycles. The topological polar surface area (TPSA) is 333 Å². The van der Waals surface area contributed by atoms with Crippen molar-refractivity contribution in [3.05, 3.63) is 58.9 Å². The van der Waals surface area contributed by atoms with Gasteiger partial charge in [-0.3, -0.25) is 29.8 Å². The van der Waals surface area contributed by atoms with Gasteiger partial charge in [0.25, 0.3) is 21.9 Å². The van der Waals surface area contributed by atoms with Gasteiger partial charge in [-0.25, -0.2) is 19.1 Å². The van der Waals surface area contributed by atoms with Crippen molar-refractivity contribution in [1.82, 2.24) is 10.7 Å². The lowest BCUT2D eigenvalue weighted by molar-refractivity contribution is -0.137. The molecule has 2 amide bonds. The Morgan fingerprint density at radius 3 is 2.20 bits per heavy atom. The predicted molar refractivity (Wildman–Crippen MR) is 154 cm³/mol. The van der Waals surface area contributed by atoms with Gasteiger partial charge in [-0.05, 0) is 48.4 Å². The molecule has 1 unspecified atom stereocenters. The summed E-state index contributed by atoms with van der Waals surface area (Å²) < 4.78 is 76.7. The number of hydrogen-bond acceptors (Lipinski definition) is 13. The number of hydrazine groups is 1. The van der Waals surface area contributed by atoms with Crippen LogP contribution in [0.2, 0.25) is 0 Å². The van der Waals surface area contributed by atoms with Gasteiger partial charge in [-0.1, -0.05) is 6.07 Å². The zero-order chi connectivity index (χ0) is 34.3. The van der Waals surface area contributed by atoms with E-state index in [4.69, 9.17) is 26.5 Å². The third-order valence-electron chi connectivity index (χ3n) is 6.70. The SMILES string of the molecule is N=c1ccc2c(-c3ccc(C(=O)NC(CCC(=O)O)C(=O)NN)cc3C(=O)O)c3ccc(N)c(S(=O)(=O)[O-])c3oc-2c1S(=O)(=O)O. The Bertz CT molecular complexity index is 2210. The van der Waals surface area contributed by atoms with Gasteiger partial charge in [0, 0.05) is 28.5 Å². The number of nitrogen functional groups attached to an aromatic ring is 1. The van der Waals surface area contributed by atoms with Gasteiger partial charge < -0.3 is 30.2 Å². The van der Waals surface area contributed by atoms with E-state index < -0.39 is 94.2 Å². The lowest BCUT2D eigenvalue weighted by Gasteiger charge is -2.21. The third kappa shape index (κ3) is 6.36. The normalized spacial score (nSPS) is 12.5. The molecule has 242 valence electrons. The van der Waals surface area contributed by atoms with Crippen molar-refractivity contribution in [2.24, 2.45) is 5.84 Å². The molecule has 0 saturated carbocycles. The van der Waals surface area contributed by atoms with Crippen molar-refractivity contribution in [2.45, 2.75) is 28.7 Å². The van der Waals surface area contributed by atoms with E-state index in [2.05, 4.69) is 5.32 Å². The second-order valence-corrected chi connectivity index (χ2v) is 12.3.